The summed E-state index contributed by atoms with van der Waals surface area (Å²) in [5.41, 5.74) is 6.13. The highest BCUT2D eigenvalue weighted by Gasteiger charge is 2.16. The molecule has 2 heterocycles. The van der Waals surface area contributed by atoms with Crippen molar-refractivity contribution < 1.29 is 0 Å². The van der Waals surface area contributed by atoms with E-state index < -0.39 is 0 Å². The summed E-state index contributed by atoms with van der Waals surface area (Å²) in [6.45, 7) is 7.79. The normalized spacial score (nSPS) is 11.8. The van der Waals surface area contributed by atoms with Crippen LogP contribution in [0.3, 0.4) is 0 Å². The van der Waals surface area contributed by atoms with Gasteiger partial charge >= 0.3 is 0 Å². The van der Waals surface area contributed by atoms with Crippen LogP contribution >= 0.6 is 0 Å². The molecule has 0 unspecified atom stereocenters. The maximum Gasteiger partial charge on any atom is 0.0620 e. The van der Waals surface area contributed by atoms with E-state index in [1.807, 2.05) is 12.2 Å². The molecule has 5 aromatic rings. The van der Waals surface area contributed by atoms with Gasteiger partial charge in [0.15, 0.2) is 0 Å². The summed E-state index contributed by atoms with van der Waals surface area (Å²) in [4.78, 5) is 0. The number of aromatic nitrogens is 1. The van der Waals surface area contributed by atoms with Gasteiger partial charge in [-0.25, -0.2) is 0 Å². The molecule has 0 radical (unpaired) electrons. The quantitative estimate of drug-likeness (QED) is 0.369. The van der Waals surface area contributed by atoms with E-state index in [-0.39, 0.29) is 0 Å². The first-order chi connectivity index (χ1) is 11.3. The lowest BCUT2D eigenvalue weighted by Crippen LogP contribution is -1.81. The zero-order valence-corrected chi connectivity index (χ0v) is 12.7. The van der Waals surface area contributed by atoms with Crippen LogP contribution in [0.25, 0.3) is 50.2 Å². The fourth-order valence-corrected chi connectivity index (χ4v) is 3.77. The SMILES string of the molecule is C=Cc1ccc2c(c1)c1cccc3c4cc(C=C)ccc4n2c13. The average molecular weight is 293 g/mol. The van der Waals surface area contributed by atoms with E-state index in [2.05, 4.69) is 72.2 Å². The Morgan fingerprint density at radius 3 is 1.65 bits per heavy atom. The van der Waals surface area contributed by atoms with E-state index in [0.29, 0.717) is 0 Å². The largest absolute Gasteiger partial charge is 0.308 e. The first-order valence-corrected chi connectivity index (χ1v) is 7.78. The second-order valence-corrected chi connectivity index (χ2v) is 6.00. The first-order valence-electron chi connectivity index (χ1n) is 7.78. The van der Waals surface area contributed by atoms with Gasteiger partial charge in [-0.3, -0.25) is 0 Å². The van der Waals surface area contributed by atoms with E-state index in [9.17, 15) is 0 Å². The third-order valence-electron chi connectivity index (χ3n) is 4.83. The summed E-state index contributed by atoms with van der Waals surface area (Å²) >= 11 is 0. The lowest BCUT2D eigenvalue weighted by atomic mass is 10.1. The van der Waals surface area contributed by atoms with Crippen molar-refractivity contribution >= 4 is 50.2 Å². The summed E-state index contributed by atoms with van der Waals surface area (Å²) in [7, 11) is 0. The first kappa shape index (κ1) is 12.5. The predicted molar refractivity (Wildman–Crippen MR) is 101 cm³/mol. The molecule has 0 saturated heterocycles. The minimum Gasteiger partial charge on any atom is -0.308 e. The Labute approximate surface area is 134 Å². The van der Waals surface area contributed by atoms with Gasteiger partial charge in [0, 0.05) is 21.5 Å². The molecule has 0 aliphatic heterocycles. The van der Waals surface area contributed by atoms with Crippen molar-refractivity contribution in [3.63, 3.8) is 0 Å². The third kappa shape index (κ3) is 1.46. The van der Waals surface area contributed by atoms with Crippen LogP contribution in [-0.4, -0.2) is 4.40 Å². The lowest BCUT2D eigenvalue weighted by Gasteiger charge is -2.00. The highest BCUT2D eigenvalue weighted by Crippen LogP contribution is 2.39. The smallest absolute Gasteiger partial charge is 0.0620 e. The molecule has 0 spiro atoms. The van der Waals surface area contributed by atoms with Gasteiger partial charge in [-0.1, -0.05) is 55.6 Å². The fourth-order valence-electron chi connectivity index (χ4n) is 3.77. The Hall–Kier alpha value is -3.06. The molecule has 3 aromatic carbocycles. The average Bonchev–Trinajstić information content (AvgIpc) is 3.12. The lowest BCUT2D eigenvalue weighted by molar-refractivity contribution is 1.37. The molecule has 1 heteroatoms. The minimum atomic E-state index is 1.16. The Balaban J connectivity index is 2.12. The third-order valence-corrected chi connectivity index (χ3v) is 4.83. The zero-order valence-electron chi connectivity index (χ0n) is 12.7. The summed E-state index contributed by atoms with van der Waals surface area (Å²) in [5.74, 6) is 0. The molecule has 0 amide bonds. The maximum absolute atomic E-state index is 3.89. The Bertz CT molecular complexity index is 1140. The van der Waals surface area contributed by atoms with E-state index in [0.717, 1.165) is 11.1 Å². The van der Waals surface area contributed by atoms with Crippen molar-refractivity contribution in [1.29, 1.82) is 0 Å². The molecule has 0 N–H and O–H groups in total. The number of rotatable bonds is 2. The van der Waals surface area contributed by atoms with Gasteiger partial charge in [0.2, 0.25) is 0 Å². The van der Waals surface area contributed by atoms with Crippen LogP contribution < -0.4 is 0 Å². The molecular weight excluding hydrogens is 278 g/mol. The number of hydrogen-bond acceptors (Lipinski definition) is 0. The topological polar surface area (TPSA) is 4.41 Å². The number of para-hydroxylation sites is 1. The second kappa shape index (κ2) is 4.23. The van der Waals surface area contributed by atoms with Crippen molar-refractivity contribution in [2.45, 2.75) is 0 Å². The molecule has 23 heavy (non-hydrogen) atoms. The van der Waals surface area contributed by atoms with Crippen LogP contribution in [0.15, 0.2) is 67.8 Å². The predicted octanol–water partition coefficient (Wildman–Crippen LogP) is 6.12. The van der Waals surface area contributed by atoms with Crippen LogP contribution in [0.5, 0.6) is 0 Å². The fraction of sp³-hybridized carbons (Fsp3) is 0. The molecule has 108 valence electrons. The van der Waals surface area contributed by atoms with E-state index in [1.54, 1.807) is 0 Å². The van der Waals surface area contributed by atoms with E-state index >= 15 is 0 Å². The summed E-state index contributed by atoms with van der Waals surface area (Å²) in [6, 6.07) is 19.7. The van der Waals surface area contributed by atoms with Gasteiger partial charge in [-0.05, 0) is 35.4 Å². The standard InChI is InChI=1S/C22H15N/c1-3-14-8-10-20-18(12-14)16-6-5-7-17-19-13-15(4-2)9-11-21(19)23(20)22(16)17/h3-13H,1-2H2. The van der Waals surface area contributed by atoms with Crippen LogP contribution in [-0.2, 0) is 0 Å². The molecular formula is C22H15N. The number of fused-ring (bicyclic) bond motifs is 6. The van der Waals surface area contributed by atoms with E-state index in [1.165, 1.54) is 38.1 Å². The number of hydrogen-bond donors (Lipinski definition) is 0. The van der Waals surface area contributed by atoms with Gasteiger partial charge in [0.25, 0.3) is 0 Å². The summed E-state index contributed by atoms with van der Waals surface area (Å²) in [6.07, 6.45) is 3.81. The van der Waals surface area contributed by atoms with Crippen molar-refractivity contribution in [1.82, 2.24) is 4.40 Å². The molecule has 2 aromatic heterocycles. The van der Waals surface area contributed by atoms with Crippen molar-refractivity contribution in [3.05, 3.63) is 78.9 Å². The highest BCUT2D eigenvalue weighted by atomic mass is 14.9. The van der Waals surface area contributed by atoms with Gasteiger partial charge in [-0.15, -0.1) is 0 Å². The molecule has 5 rings (SSSR count). The van der Waals surface area contributed by atoms with Crippen molar-refractivity contribution in [2.75, 3.05) is 0 Å². The number of benzene rings is 3. The van der Waals surface area contributed by atoms with Gasteiger partial charge in [0.05, 0.1) is 16.6 Å². The monoisotopic (exact) mass is 293 g/mol. The van der Waals surface area contributed by atoms with Crippen molar-refractivity contribution in [2.24, 2.45) is 0 Å². The van der Waals surface area contributed by atoms with Crippen LogP contribution in [0, 0.1) is 0 Å². The molecule has 0 atom stereocenters. The second-order valence-electron chi connectivity index (χ2n) is 6.00. The van der Waals surface area contributed by atoms with Crippen LogP contribution in [0.4, 0.5) is 0 Å². The van der Waals surface area contributed by atoms with Gasteiger partial charge in [-0.2, -0.15) is 0 Å². The number of nitrogens with zero attached hydrogens (tertiary/aromatic N) is 1. The summed E-state index contributed by atoms with van der Waals surface area (Å²) < 4.78 is 2.38. The van der Waals surface area contributed by atoms with Crippen LogP contribution in [0.2, 0.25) is 0 Å². The van der Waals surface area contributed by atoms with E-state index in [4.69, 9.17) is 0 Å². The maximum atomic E-state index is 3.89. The Morgan fingerprint density at radius 1 is 0.652 bits per heavy atom. The highest BCUT2D eigenvalue weighted by molar-refractivity contribution is 6.23. The molecule has 0 saturated carbocycles. The zero-order chi connectivity index (χ0) is 15.6. The molecule has 0 bridgehead atoms. The molecule has 0 aliphatic rings. The van der Waals surface area contributed by atoms with Gasteiger partial charge < -0.3 is 4.40 Å². The van der Waals surface area contributed by atoms with Gasteiger partial charge in [0.1, 0.15) is 0 Å². The van der Waals surface area contributed by atoms with Crippen LogP contribution in [0.1, 0.15) is 11.1 Å². The van der Waals surface area contributed by atoms with Crippen molar-refractivity contribution in [3.8, 4) is 0 Å². The minimum absolute atomic E-state index is 1.16. The summed E-state index contributed by atoms with van der Waals surface area (Å²) in [5, 5.41) is 5.19. The Morgan fingerprint density at radius 2 is 1.17 bits per heavy atom. The molecule has 0 fully saturated rings. The Kier molecular flexibility index (Phi) is 2.30. The molecule has 1 nitrogen and oxygen atoms in total. The molecule has 0 aliphatic carbocycles.